The summed E-state index contributed by atoms with van der Waals surface area (Å²) in [5.41, 5.74) is 2.22. The third kappa shape index (κ3) is 4.87. The average Bonchev–Trinajstić information content (AvgIpc) is 2.34. The van der Waals surface area contributed by atoms with Crippen LogP contribution in [0.1, 0.15) is 18.4 Å². The predicted octanol–water partition coefficient (Wildman–Crippen LogP) is 1.14. The number of benzene rings is 1. The van der Waals surface area contributed by atoms with Crippen molar-refractivity contribution in [3.05, 3.63) is 29.8 Å². The largest absolute Gasteiger partial charge is 0.396 e. The fraction of sp³-hybridized carbons (Fsp3) is 0.462. The maximum atomic E-state index is 11.3. The first-order valence-electron chi connectivity index (χ1n) is 5.77. The van der Waals surface area contributed by atoms with E-state index in [1.807, 2.05) is 43.3 Å². The third-order valence-electron chi connectivity index (χ3n) is 2.50. The molecule has 0 aliphatic rings. The molecule has 0 aliphatic heterocycles. The fourth-order valence-corrected chi connectivity index (χ4v) is 1.44. The first-order chi connectivity index (χ1) is 8.13. The van der Waals surface area contributed by atoms with Crippen molar-refractivity contribution in [2.45, 2.75) is 19.4 Å². The molecule has 0 bridgehead atoms. The Morgan fingerprint density at radius 1 is 1.29 bits per heavy atom. The maximum Gasteiger partial charge on any atom is 0.220 e. The highest BCUT2D eigenvalue weighted by Crippen LogP contribution is 2.11. The van der Waals surface area contributed by atoms with Gasteiger partial charge in [-0.25, -0.2) is 0 Å². The zero-order valence-electron chi connectivity index (χ0n) is 10.4. The molecule has 1 aromatic rings. The molecule has 0 saturated heterocycles. The molecule has 1 aromatic carbocycles. The molecule has 2 N–H and O–H groups in total. The molecule has 0 unspecified atom stereocenters. The molecule has 1 rings (SSSR count). The molecule has 4 nitrogen and oxygen atoms in total. The van der Waals surface area contributed by atoms with Crippen molar-refractivity contribution in [2.75, 3.05) is 25.6 Å². The summed E-state index contributed by atoms with van der Waals surface area (Å²) in [5, 5.41) is 11.4. The minimum Gasteiger partial charge on any atom is -0.396 e. The smallest absolute Gasteiger partial charge is 0.220 e. The van der Waals surface area contributed by atoms with E-state index in [-0.39, 0.29) is 12.5 Å². The lowest BCUT2D eigenvalue weighted by atomic mass is 10.2. The SMILES string of the molecule is CN(C)c1ccc(CNC(=O)CCCO)cc1. The van der Waals surface area contributed by atoms with Crippen molar-refractivity contribution in [2.24, 2.45) is 0 Å². The van der Waals surface area contributed by atoms with Gasteiger partial charge in [0, 0.05) is 39.4 Å². The van der Waals surface area contributed by atoms with Crippen molar-refractivity contribution < 1.29 is 9.90 Å². The van der Waals surface area contributed by atoms with Gasteiger partial charge in [0.1, 0.15) is 0 Å². The highest BCUT2D eigenvalue weighted by molar-refractivity contribution is 5.75. The molecule has 0 atom stereocenters. The summed E-state index contributed by atoms with van der Waals surface area (Å²) in [7, 11) is 3.98. The van der Waals surface area contributed by atoms with Crippen molar-refractivity contribution >= 4 is 11.6 Å². The monoisotopic (exact) mass is 236 g/mol. The molecule has 0 aliphatic carbocycles. The van der Waals surface area contributed by atoms with Crippen LogP contribution < -0.4 is 10.2 Å². The molecule has 0 spiro atoms. The number of aliphatic hydroxyl groups is 1. The molecular formula is C13H20N2O2. The van der Waals surface area contributed by atoms with Crippen LogP contribution in [0.25, 0.3) is 0 Å². The van der Waals surface area contributed by atoms with E-state index in [9.17, 15) is 4.79 Å². The number of amides is 1. The van der Waals surface area contributed by atoms with E-state index in [1.54, 1.807) is 0 Å². The van der Waals surface area contributed by atoms with Crippen LogP contribution in [0.15, 0.2) is 24.3 Å². The summed E-state index contributed by atoms with van der Waals surface area (Å²) >= 11 is 0. The number of aliphatic hydroxyl groups excluding tert-OH is 1. The van der Waals surface area contributed by atoms with E-state index in [0.29, 0.717) is 19.4 Å². The van der Waals surface area contributed by atoms with E-state index < -0.39 is 0 Å². The average molecular weight is 236 g/mol. The fourth-order valence-electron chi connectivity index (χ4n) is 1.44. The zero-order valence-corrected chi connectivity index (χ0v) is 10.4. The number of nitrogens with zero attached hydrogens (tertiary/aromatic N) is 1. The summed E-state index contributed by atoms with van der Waals surface area (Å²) in [4.78, 5) is 13.4. The Labute approximate surface area is 102 Å². The second kappa shape index (κ2) is 6.91. The van der Waals surface area contributed by atoms with Gasteiger partial charge in [0.05, 0.1) is 0 Å². The van der Waals surface area contributed by atoms with Crippen molar-refractivity contribution in [1.29, 1.82) is 0 Å². The van der Waals surface area contributed by atoms with Crippen LogP contribution in [-0.2, 0) is 11.3 Å². The van der Waals surface area contributed by atoms with E-state index in [2.05, 4.69) is 5.32 Å². The van der Waals surface area contributed by atoms with Crippen LogP contribution in [-0.4, -0.2) is 31.7 Å². The van der Waals surface area contributed by atoms with Crippen molar-refractivity contribution in [1.82, 2.24) is 5.32 Å². The lowest BCUT2D eigenvalue weighted by Crippen LogP contribution is -2.22. The quantitative estimate of drug-likeness (QED) is 0.779. The van der Waals surface area contributed by atoms with Crippen LogP contribution in [0.4, 0.5) is 5.69 Å². The summed E-state index contributed by atoms with van der Waals surface area (Å²) < 4.78 is 0. The van der Waals surface area contributed by atoms with Crippen molar-refractivity contribution in [3.8, 4) is 0 Å². The summed E-state index contributed by atoms with van der Waals surface area (Å²) in [6, 6.07) is 8.05. The highest BCUT2D eigenvalue weighted by atomic mass is 16.3. The van der Waals surface area contributed by atoms with Gasteiger partial charge in [-0.2, -0.15) is 0 Å². The van der Waals surface area contributed by atoms with Gasteiger partial charge in [0.25, 0.3) is 0 Å². The number of hydrogen-bond donors (Lipinski definition) is 2. The van der Waals surface area contributed by atoms with Gasteiger partial charge in [-0.1, -0.05) is 12.1 Å². The standard InChI is InChI=1S/C13H20N2O2/c1-15(2)12-7-5-11(6-8-12)10-14-13(17)4-3-9-16/h5-8,16H,3-4,9-10H2,1-2H3,(H,14,17). The molecule has 0 saturated carbocycles. The Morgan fingerprint density at radius 2 is 1.94 bits per heavy atom. The maximum absolute atomic E-state index is 11.3. The minimum atomic E-state index is -0.0178. The molecular weight excluding hydrogens is 216 g/mol. The van der Waals surface area contributed by atoms with Crippen LogP contribution in [0.2, 0.25) is 0 Å². The normalized spacial score (nSPS) is 10.1. The third-order valence-corrected chi connectivity index (χ3v) is 2.50. The molecule has 1 amide bonds. The number of anilines is 1. The first kappa shape index (κ1) is 13.5. The second-order valence-electron chi connectivity index (χ2n) is 4.16. The van der Waals surface area contributed by atoms with Gasteiger partial charge in [-0.15, -0.1) is 0 Å². The lowest BCUT2D eigenvalue weighted by molar-refractivity contribution is -0.121. The Balaban J connectivity index is 2.39. The topological polar surface area (TPSA) is 52.6 Å². The molecule has 4 heteroatoms. The number of hydrogen-bond acceptors (Lipinski definition) is 3. The summed E-state index contributed by atoms with van der Waals surface area (Å²) in [6.07, 6.45) is 0.900. The molecule has 94 valence electrons. The zero-order chi connectivity index (χ0) is 12.7. The molecule has 0 radical (unpaired) electrons. The Hall–Kier alpha value is -1.55. The Morgan fingerprint density at radius 3 is 2.47 bits per heavy atom. The van der Waals surface area contributed by atoms with Gasteiger partial charge in [0.15, 0.2) is 0 Å². The van der Waals surface area contributed by atoms with E-state index in [0.717, 1.165) is 11.3 Å². The second-order valence-corrected chi connectivity index (χ2v) is 4.16. The number of nitrogens with one attached hydrogen (secondary N) is 1. The highest BCUT2D eigenvalue weighted by Gasteiger charge is 2.01. The minimum absolute atomic E-state index is 0.0178. The Kier molecular flexibility index (Phi) is 5.49. The van der Waals surface area contributed by atoms with Gasteiger partial charge >= 0.3 is 0 Å². The number of carbonyl (C=O) groups excluding carboxylic acids is 1. The van der Waals surface area contributed by atoms with Gasteiger partial charge < -0.3 is 15.3 Å². The van der Waals surface area contributed by atoms with E-state index in [4.69, 9.17) is 5.11 Å². The molecule has 17 heavy (non-hydrogen) atoms. The van der Waals surface area contributed by atoms with Gasteiger partial charge in [0.2, 0.25) is 5.91 Å². The van der Waals surface area contributed by atoms with Crippen LogP contribution in [0.5, 0.6) is 0 Å². The molecule has 0 heterocycles. The van der Waals surface area contributed by atoms with Gasteiger partial charge in [-0.05, 0) is 24.1 Å². The predicted molar refractivity (Wildman–Crippen MR) is 68.9 cm³/mol. The Bertz CT molecular complexity index is 347. The number of rotatable bonds is 6. The molecule has 0 fully saturated rings. The number of carbonyl (C=O) groups is 1. The molecule has 0 aromatic heterocycles. The van der Waals surface area contributed by atoms with Crippen LogP contribution >= 0.6 is 0 Å². The van der Waals surface area contributed by atoms with Crippen LogP contribution in [0.3, 0.4) is 0 Å². The van der Waals surface area contributed by atoms with Crippen LogP contribution in [0, 0.1) is 0 Å². The summed E-state index contributed by atoms with van der Waals surface area (Å²) in [5.74, 6) is -0.0178. The summed E-state index contributed by atoms with van der Waals surface area (Å²) in [6.45, 7) is 0.600. The van der Waals surface area contributed by atoms with E-state index in [1.165, 1.54) is 0 Å². The van der Waals surface area contributed by atoms with Crippen molar-refractivity contribution in [3.63, 3.8) is 0 Å². The van der Waals surface area contributed by atoms with Gasteiger partial charge in [-0.3, -0.25) is 4.79 Å². The lowest BCUT2D eigenvalue weighted by Gasteiger charge is -2.12. The first-order valence-corrected chi connectivity index (χ1v) is 5.77. The van der Waals surface area contributed by atoms with E-state index >= 15 is 0 Å².